The minimum Gasteiger partial charge on any atom is -0.332 e. The van der Waals surface area contributed by atoms with Crippen LogP contribution in [0.5, 0.6) is 0 Å². The molecule has 0 spiro atoms. The number of benzene rings is 2. The van der Waals surface area contributed by atoms with Gasteiger partial charge >= 0.3 is 0 Å². The fraction of sp³-hybridized carbons (Fsp3) is 0.118. The third-order valence-electron chi connectivity index (χ3n) is 3.36. The maximum absolute atomic E-state index is 6.16. The van der Waals surface area contributed by atoms with Gasteiger partial charge in [-0.25, -0.2) is 9.67 Å². The van der Waals surface area contributed by atoms with Crippen molar-refractivity contribution >= 4 is 40.6 Å². The molecule has 0 aliphatic carbocycles. The van der Waals surface area contributed by atoms with Crippen LogP contribution in [0.1, 0.15) is 11.1 Å². The summed E-state index contributed by atoms with van der Waals surface area (Å²) >= 11 is 11.4. The van der Waals surface area contributed by atoms with Crippen LogP contribution in [0.4, 0.5) is 11.6 Å². The molecule has 2 N–H and O–H groups in total. The van der Waals surface area contributed by atoms with Crippen LogP contribution in [0.2, 0.25) is 5.02 Å². The van der Waals surface area contributed by atoms with Crippen molar-refractivity contribution in [3.63, 3.8) is 0 Å². The molecule has 7 heteroatoms. The number of nitrogens with zero attached hydrogens (tertiary/aromatic N) is 3. The van der Waals surface area contributed by atoms with E-state index in [-0.39, 0.29) is 0 Å². The molecule has 0 saturated carbocycles. The highest BCUT2D eigenvalue weighted by atomic mass is 35.5. The van der Waals surface area contributed by atoms with Gasteiger partial charge in [-0.3, -0.25) is 5.32 Å². The van der Waals surface area contributed by atoms with Gasteiger partial charge in [0.25, 0.3) is 0 Å². The number of aromatic nitrogens is 3. The Bertz CT molecular complexity index is 844. The largest absolute Gasteiger partial charge is 0.332 e. The van der Waals surface area contributed by atoms with E-state index in [0.717, 1.165) is 11.3 Å². The molecule has 3 aromatic rings. The van der Waals surface area contributed by atoms with E-state index in [9.17, 15) is 0 Å². The molecule has 2 aromatic carbocycles. The number of halogens is 1. The van der Waals surface area contributed by atoms with E-state index >= 15 is 0 Å². The molecule has 0 aliphatic rings. The zero-order valence-corrected chi connectivity index (χ0v) is 14.6. The highest BCUT2D eigenvalue weighted by molar-refractivity contribution is 7.80. The van der Waals surface area contributed by atoms with Crippen LogP contribution in [0, 0.1) is 6.92 Å². The number of rotatable bonds is 4. The number of anilines is 2. The Balaban J connectivity index is 1.60. The van der Waals surface area contributed by atoms with Gasteiger partial charge in [0.05, 0.1) is 6.54 Å². The fourth-order valence-electron chi connectivity index (χ4n) is 2.13. The average molecular weight is 358 g/mol. The number of thiocarbonyl (C=S) groups is 1. The van der Waals surface area contributed by atoms with Crippen LogP contribution in [0.25, 0.3) is 0 Å². The molecule has 0 unspecified atom stereocenters. The van der Waals surface area contributed by atoms with Crippen LogP contribution >= 0.6 is 23.8 Å². The second-order valence-corrected chi connectivity index (χ2v) is 6.12. The van der Waals surface area contributed by atoms with Crippen LogP contribution in [-0.2, 0) is 6.54 Å². The quantitative estimate of drug-likeness (QED) is 0.688. The SMILES string of the molecule is Cc1ccc(NC(=S)Nc2ncn(Cc3ccccc3Cl)n2)cc1. The number of hydrogen-bond donors (Lipinski definition) is 2. The second kappa shape index (κ2) is 7.42. The first kappa shape index (κ1) is 16.4. The van der Waals surface area contributed by atoms with Crippen LogP contribution < -0.4 is 10.6 Å². The van der Waals surface area contributed by atoms with Gasteiger partial charge in [-0.2, -0.15) is 0 Å². The molecule has 0 amide bonds. The van der Waals surface area contributed by atoms with E-state index in [1.165, 1.54) is 5.56 Å². The van der Waals surface area contributed by atoms with Crippen molar-refractivity contribution in [3.05, 3.63) is 71.0 Å². The summed E-state index contributed by atoms with van der Waals surface area (Å²) < 4.78 is 1.71. The first-order chi connectivity index (χ1) is 11.6. The zero-order chi connectivity index (χ0) is 16.9. The predicted octanol–water partition coefficient (Wildman–Crippen LogP) is 4.10. The third kappa shape index (κ3) is 4.31. The van der Waals surface area contributed by atoms with Gasteiger partial charge in [-0.05, 0) is 42.9 Å². The first-order valence-electron chi connectivity index (χ1n) is 7.38. The topological polar surface area (TPSA) is 54.8 Å². The fourth-order valence-corrected chi connectivity index (χ4v) is 2.53. The van der Waals surface area contributed by atoms with Crippen molar-refractivity contribution in [3.8, 4) is 0 Å². The lowest BCUT2D eigenvalue weighted by Crippen LogP contribution is -2.20. The van der Waals surface area contributed by atoms with E-state index in [1.807, 2.05) is 55.5 Å². The summed E-state index contributed by atoms with van der Waals surface area (Å²) in [6.07, 6.45) is 1.64. The first-order valence-corrected chi connectivity index (χ1v) is 8.16. The van der Waals surface area contributed by atoms with Gasteiger partial charge in [0.2, 0.25) is 5.95 Å². The van der Waals surface area contributed by atoms with Crippen LogP contribution in [0.15, 0.2) is 54.9 Å². The summed E-state index contributed by atoms with van der Waals surface area (Å²) in [6.45, 7) is 2.59. The molecule has 0 fully saturated rings. The van der Waals surface area contributed by atoms with Crippen molar-refractivity contribution in [1.82, 2.24) is 14.8 Å². The Kier molecular flexibility index (Phi) is 5.08. The highest BCUT2D eigenvalue weighted by Crippen LogP contribution is 2.16. The lowest BCUT2D eigenvalue weighted by atomic mass is 10.2. The van der Waals surface area contributed by atoms with Gasteiger partial charge in [0.1, 0.15) is 6.33 Å². The second-order valence-electron chi connectivity index (χ2n) is 5.30. The average Bonchev–Trinajstić information content (AvgIpc) is 2.99. The lowest BCUT2D eigenvalue weighted by molar-refractivity contribution is 0.687. The summed E-state index contributed by atoms with van der Waals surface area (Å²) in [6, 6.07) is 15.6. The molecule has 3 rings (SSSR count). The van der Waals surface area contributed by atoms with Crippen molar-refractivity contribution in [2.45, 2.75) is 13.5 Å². The van der Waals surface area contributed by atoms with Crippen LogP contribution in [-0.4, -0.2) is 19.9 Å². The molecular weight excluding hydrogens is 342 g/mol. The minimum absolute atomic E-state index is 0.437. The smallest absolute Gasteiger partial charge is 0.248 e. The predicted molar refractivity (Wildman–Crippen MR) is 102 cm³/mol. The van der Waals surface area contributed by atoms with Crippen molar-refractivity contribution < 1.29 is 0 Å². The Morgan fingerprint density at radius 1 is 1.12 bits per heavy atom. The Morgan fingerprint density at radius 2 is 1.88 bits per heavy atom. The molecule has 24 heavy (non-hydrogen) atoms. The zero-order valence-electron chi connectivity index (χ0n) is 13.0. The molecule has 0 aliphatic heterocycles. The van der Waals surface area contributed by atoms with E-state index in [2.05, 4.69) is 20.7 Å². The molecule has 122 valence electrons. The van der Waals surface area contributed by atoms with E-state index < -0.39 is 0 Å². The summed E-state index contributed by atoms with van der Waals surface area (Å²) in [4.78, 5) is 4.21. The van der Waals surface area contributed by atoms with Gasteiger partial charge in [0, 0.05) is 10.7 Å². The maximum Gasteiger partial charge on any atom is 0.248 e. The summed E-state index contributed by atoms with van der Waals surface area (Å²) in [5.41, 5.74) is 3.09. The van der Waals surface area contributed by atoms with Gasteiger partial charge < -0.3 is 5.32 Å². The number of hydrogen-bond acceptors (Lipinski definition) is 3. The Morgan fingerprint density at radius 3 is 2.62 bits per heavy atom. The summed E-state index contributed by atoms with van der Waals surface area (Å²) in [5.74, 6) is 0.437. The van der Waals surface area contributed by atoms with Crippen molar-refractivity contribution in [1.29, 1.82) is 0 Å². The molecule has 1 heterocycles. The van der Waals surface area contributed by atoms with E-state index in [0.29, 0.717) is 22.6 Å². The number of aryl methyl sites for hydroxylation is 1. The van der Waals surface area contributed by atoms with Crippen molar-refractivity contribution in [2.75, 3.05) is 10.6 Å². The molecule has 5 nitrogen and oxygen atoms in total. The van der Waals surface area contributed by atoms with Crippen molar-refractivity contribution in [2.24, 2.45) is 0 Å². The normalized spacial score (nSPS) is 10.4. The lowest BCUT2D eigenvalue weighted by Gasteiger charge is -2.08. The minimum atomic E-state index is 0.437. The molecule has 0 bridgehead atoms. The Labute approximate surface area is 150 Å². The summed E-state index contributed by atoms with van der Waals surface area (Å²) in [7, 11) is 0. The monoisotopic (exact) mass is 357 g/mol. The standard InChI is InChI=1S/C17H16ClN5S/c1-12-6-8-14(9-7-12)20-17(24)21-16-19-11-23(22-16)10-13-4-2-3-5-15(13)18/h2-9,11H,10H2,1H3,(H2,20,21,22,24). The van der Waals surface area contributed by atoms with E-state index in [1.54, 1.807) is 11.0 Å². The molecule has 0 atom stereocenters. The van der Waals surface area contributed by atoms with E-state index in [4.69, 9.17) is 23.8 Å². The molecule has 1 aromatic heterocycles. The molecule has 0 saturated heterocycles. The molecule has 0 radical (unpaired) electrons. The highest BCUT2D eigenvalue weighted by Gasteiger charge is 2.06. The van der Waals surface area contributed by atoms with Gasteiger partial charge in [-0.15, -0.1) is 5.10 Å². The molecular formula is C17H16ClN5S. The van der Waals surface area contributed by atoms with Gasteiger partial charge in [0.15, 0.2) is 5.11 Å². The Hall–Kier alpha value is -2.44. The van der Waals surface area contributed by atoms with Crippen LogP contribution in [0.3, 0.4) is 0 Å². The number of nitrogens with one attached hydrogen (secondary N) is 2. The maximum atomic E-state index is 6.16. The summed E-state index contributed by atoms with van der Waals surface area (Å²) in [5, 5.41) is 11.6. The third-order valence-corrected chi connectivity index (χ3v) is 3.93. The van der Waals surface area contributed by atoms with Gasteiger partial charge in [-0.1, -0.05) is 47.5 Å².